The monoisotopic (exact) mass is 181 g/mol. The topological polar surface area (TPSA) is 55.8 Å². The van der Waals surface area contributed by atoms with Gasteiger partial charge in [-0.2, -0.15) is 0 Å². The van der Waals surface area contributed by atoms with Gasteiger partial charge in [-0.3, -0.25) is 0 Å². The summed E-state index contributed by atoms with van der Waals surface area (Å²) in [5.74, 6) is -0.212. The second-order valence-electron chi connectivity index (χ2n) is 2.38. The fourth-order valence-corrected chi connectivity index (χ4v) is 0.922. The molecule has 1 N–H and O–H groups in total. The van der Waals surface area contributed by atoms with Gasteiger partial charge in [0.25, 0.3) is 0 Å². The van der Waals surface area contributed by atoms with Gasteiger partial charge in [0.05, 0.1) is 19.8 Å². The first kappa shape index (κ1) is 9.38. The molecule has 0 aromatic heterocycles. The normalized spacial score (nSPS) is 9.38. The van der Waals surface area contributed by atoms with Crippen LogP contribution < -0.4 is 4.74 Å². The Bertz CT molecular complexity index is 319. The minimum Gasteiger partial charge on any atom is -0.504 e. The summed E-state index contributed by atoms with van der Waals surface area (Å²) < 4.78 is 9.32. The van der Waals surface area contributed by atoms with E-state index in [1.807, 2.05) is 0 Å². The van der Waals surface area contributed by atoms with Gasteiger partial charge in [0.2, 0.25) is 0 Å². The van der Waals surface area contributed by atoms with Crippen molar-refractivity contribution < 1.29 is 19.4 Å². The molecule has 0 heterocycles. The number of carbonyl (C=O) groups is 1. The van der Waals surface area contributed by atoms with Crippen molar-refractivity contribution >= 4 is 5.97 Å². The number of methoxy groups -OCH3 is 2. The van der Waals surface area contributed by atoms with Crippen molar-refractivity contribution in [2.75, 3.05) is 14.2 Å². The van der Waals surface area contributed by atoms with Gasteiger partial charge in [0.15, 0.2) is 11.5 Å². The van der Waals surface area contributed by atoms with Gasteiger partial charge in [-0.15, -0.1) is 0 Å². The number of carbonyl (C=O) groups excluding carboxylic acids is 1. The molecule has 0 fully saturated rings. The van der Waals surface area contributed by atoms with Crippen LogP contribution in [0.2, 0.25) is 0 Å². The van der Waals surface area contributed by atoms with E-state index >= 15 is 0 Å². The van der Waals surface area contributed by atoms with Crippen LogP contribution in [0.15, 0.2) is 18.2 Å². The fourth-order valence-electron chi connectivity index (χ4n) is 0.922. The number of benzene rings is 1. The third-order valence-electron chi connectivity index (χ3n) is 1.60. The first-order valence-electron chi connectivity index (χ1n) is 3.64. The van der Waals surface area contributed by atoms with Crippen LogP contribution in [-0.2, 0) is 4.74 Å². The van der Waals surface area contributed by atoms with Crippen molar-refractivity contribution in [3.8, 4) is 11.5 Å². The number of hydrogen-bond donors (Lipinski definition) is 1. The molecule has 1 rings (SSSR count). The maximum absolute atomic E-state index is 11.0. The zero-order chi connectivity index (χ0) is 9.84. The molecule has 0 aliphatic rings. The summed E-state index contributed by atoms with van der Waals surface area (Å²) in [5.41, 5.74) is 0.345. The lowest BCUT2D eigenvalue weighted by Gasteiger charge is -2.04. The number of phenols is 1. The first-order chi connectivity index (χ1) is 6.19. The lowest BCUT2D eigenvalue weighted by atomic mass is 9.93. The number of phenolic OH excluding ortho intramolecular Hbond substituents is 1. The number of esters is 1. The Morgan fingerprint density at radius 1 is 1.38 bits per heavy atom. The van der Waals surface area contributed by atoms with E-state index in [-0.39, 0.29) is 11.5 Å². The number of aromatic hydroxyl groups is 1. The highest BCUT2D eigenvalue weighted by molar-refractivity contribution is 5.90. The van der Waals surface area contributed by atoms with Crippen molar-refractivity contribution in [3.63, 3.8) is 0 Å². The zero-order valence-electron chi connectivity index (χ0n) is 7.40. The molecule has 0 saturated carbocycles. The summed E-state index contributed by atoms with van der Waals surface area (Å²) >= 11 is 0. The summed E-state index contributed by atoms with van der Waals surface area (Å²) in [6.07, 6.45) is 0. The molecule has 4 heteroatoms. The van der Waals surface area contributed by atoms with Crippen molar-refractivity contribution in [2.45, 2.75) is 0 Å². The van der Waals surface area contributed by atoms with Gasteiger partial charge in [-0.1, -0.05) is 0 Å². The summed E-state index contributed by atoms with van der Waals surface area (Å²) in [5, 5.41) is 9.21. The molecule has 70 valence electrons. The van der Waals surface area contributed by atoms with Crippen LogP contribution in [-0.4, -0.2) is 25.3 Å². The van der Waals surface area contributed by atoms with E-state index in [1.165, 1.54) is 32.4 Å². The van der Waals surface area contributed by atoms with Crippen LogP contribution in [0.4, 0.5) is 0 Å². The number of hydrogen-bond acceptors (Lipinski definition) is 4. The average Bonchev–Trinajstić information content (AvgIpc) is 2.17. The second-order valence-corrected chi connectivity index (χ2v) is 2.38. The lowest BCUT2D eigenvalue weighted by molar-refractivity contribution is 0.0600. The predicted octanol–water partition coefficient (Wildman–Crippen LogP) is 1.19. The Balaban J connectivity index is 3.06. The SMILES string of the molecule is COc1cc([11C](=O)OC)ccc1O. The highest BCUT2D eigenvalue weighted by Crippen LogP contribution is 2.26. The van der Waals surface area contributed by atoms with Gasteiger partial charge < -0.3 is 14.6 Å². The molecular weight excluding hydrogens is 171 g/mol. The summed E-state index contributed by atoms with van der Waals surface area (Å²) in [6, 6.07) is 4.26. The Kier molecular flexibility index (Phi) is 2.74. The summed E-state index contributed by atoms with van der Waals surface area (Å²) in [6.45, 7) is 0. The molecule has 1 aromatic carbocycles. The first-order valence-corrected chi connectivity index (χ1v) is 3.64. The highest BCUT2D eigenvalue weighted by atomic mass is 16.5. The zero-order valence-corrected chi connectivity index (χ0v) is 7.40. The Morgan fingerprint density at radius 3 is 2.62 bits per heavy atom. The van der Waals surface area contributed by atoms with E-state index in [1.54, 1.807) is 0 Å². The van der Waals surface area contributed by atoms with Crippen LogP contribution in [0.25, 0.3) is 0 Å². The van der Waals surface area contributed by atoms with E-state index in [0.717, 1.165) is 0 Å². The summed E-state index contributed by atoms with van der Waals surface area (Å²) in [4.78, 5) is 11.0. The standard InChI is InChI=1S/C9H10O4/c1-12-8-5-6(9(11)13-2)3-4-7(8)10/h3-5,10H,1-2H3/i9-1. The van der Waals surface area contributed by atoms with Crippen molar-refractivity contribution in [1.29, 1.82) is 0 Å². The van der Waals surface area contributed by atoms with Gasteiger partial charge in [0.1, 0.15) is 0 Å². The quantitative estimate of drug-likeness (QED) is 0.696. The molecule has 0 saturated heterocycles. The Morgan fingerprint density at radius 2 is 2.08 bits per heavy atom. The molecular formula is C9H10O4. The Hall–Kier alpha value is -1.71. The summed E-state index contributed by atoms with van der Waals surface area (Å²) in [7, 11) is 2.71. The van der Waals surface area contributed by atoms with Crippen LogP contribution in [0.5, 0.6) is 11.5 Å². The third-order valence-corrected chi connectivity index (χ3v) is 1.60. The van der Waals surface area contributed by atoms with E-state index in [9.17, 15) is 9.90 Å². The van der Waals surface area contributed by atoms with Crippen LogP contribution in [0.1, 0.15) is 10.4 Å². The van der Waals surface area contributed by atoms with Gasteiger partial charge in [-0.05, 0) is 18.2 Å². The minimum absolute atomic E-state index is 0.00449. The maximum atomic E-state index is 11.0. The third kappa shape index (κ3) is 1.90. The molecule has 0 aliphatic carbocycles. The van der Waals surface area contributed by atoms with Crippen molar-refractivity contribution in [2.24, 2.45) is 0 Å². The van der Waals surface area contributed by atoms with E-state index < -0.39 is 5.97 Å². The molecule has 0 aliphatic heterocycles. The van der Waals surface area contributed by atoms with E-state index in [0.29, 0.717) is 5.56 Å². The van der Waals surface area contributed by atoms with Crippen LogP contribution >= 0.6 is 0 Å². The molecule has 0 spiro atoms. The highest BCUT2D eigenvalue weighted by Gasteiger charge is 2.08. The molecule has 0 amide bonds. The van der Waals surface area contributed by atoms with Gasteiger partial charge in [-0.25, -0.2) is 4.79 Å². The molecule has 0 atom stereocenters. The molecule has 1 aromatic rings. The van der Waals surface area contributed by atoms with Gasteiger partial charge in [0, 0.05) is 0 Å². The predicted molar refractivity (Wildman–Crippen MR) is 46.0 cm³/mol. The molecule has 4 nitrogen and oxygen atoms in total. The minimum atomic E-state index is -0.460. The van der Waals surface area contributed by atoms with Crippen LogP contribution in [0.3, 0.4) is 0 Å². The van der Waals surface area contributed by atoms with Gasteiger partial charge >= 0.3 is 5.97 Å². The van der Waals surface area contributed by atoms with Crippen LogP contribution in [0, 0.1) is 0 Å². The molecule has 13 heavy (non-hydrogen) atoms. The Labute approximate surface area is 75.7 Å². The molecule has 0 unspecified atom stereocenters. The van der Waals surface area contributed by atoms with Crippen molar-refractivity contribution in [3.05, 3.63) is 23.8 Å². The lowest BCUT2D eigenvalue weighted by Crippen LogP contribution is -2.01. The number of ether oxygens (including phenoxy) is 2. The van der Waals surface area contributed by atoms with E-state index in [4.69, 9.17) is 4.74 Å². The van der Waals surface area contributed by atoms with Crippen molar-refractivity contribution in [1.82, 2.24) is 0 Å². The molecule has 0 radical (unpaired) electrons. The van der Waals surface area contributed by atoms with E-state index in [2.05, 4.69) is 4.74 Å². The largest absolute Gasteiger partial charge is 0.504 e. The maximum Gasteiger partial charge on any atom is 0.337 e. The smallest absolute Gasteiger partial charge is 0.337 e. The number of rotatable bonds is 2. The fraction of sp³-hybridized carbons (Fsp3) is 0.222. The molecule has 0 bridgehead atoms. The second kappa shape index (κ2) is 3.80. The average molecular weight is 181 g/mol.